The van der Waals surface area contributed by atoms with Gasteiger partial charge in [-0.05, 0) is 31.0 Å². The predicted molar refractivity (Wildman–Crippen MR) is 76.8 cm³/mol. The van der Waals surface area contributed by atoms with Crippen LogP contribution in [0.1, 0.15) is 31.0 Å². The minimum atomic E-state index is 0.0897. The van der Waals surface area contributed by atoms with Gasteiger partial charge in [0.25, 0.3) is 0 Å². The highest BCUT2D eigenvalue weighted by atomic mass is 32.1. The maximum Gasteiger partial charge on any atom is 0.234 e. The predicted octanol–water partition coefficient (Wildman–Crippen LogP) is 2.41. The zero-order chi connectivity index (χ0) is 13.7. The molecule has 0 saturated heterocycles. The van der Waals surface area contributed by atoms with E-state index in [-0.39, 0.29) is 5.75 Å². The third-order valence-corrected chi connectivity index (χ3v) is 4.71. The van der Waals surface area contributed by atoms with Crippen molar-refractivity contribution in [1.29, 1.82) is 0 Å². The molecule has 20 heavy (non-hydrogen) atoms. The van der Waals surface area contributed by atoms with Crippen LogP contribution >= 0.6 is 11.3 Å². The molecule has 1 aromatic carbocycles. The molecule has 2 aromatic heterocycles. The van der Waals surface area contributed by atoms with Gasteiger partial charge in [-0.1, -0.05) is 17.8 Å². The van der Waals surface area contributed by atoms with E-state index in [0.29, 0.717) is 11.6 Å². The lowest BCUT2D eigenvalue weighted by atomic mass is 9.85. The third kappa shape index (κ3) is 1.66. The molecule has 1 aliphatic rings. The van der Waals surface area contributed by atoms with Gasteiger partial charge in [0, 0.05) is 11.5 Å². The van der Waals surface area contributed by atoms with Crippen molar-refractivity contribution in [3.63, 3.8) is 0 Å². The van der Waals surface area contributed by atoms with E-state index in [4.69, 9.17) is 5.73 Å². The molecule has 0 amide bonds. The first-order valence-electron chi connectivity index (χ1n) is 6.53. The summed E-state index contributed by atoms with van der Waals surface area (Å²) in [5.74, 6) is 1.54. The van der Waals surface area contributed by atoms with Crippen LogP contribution in [0.4, 0.5) is 5.69 Å². The minimum Gasteiger partial charge on any atom is -0.506 e. The fourth-order valence-electron chi connectivity index (χ4n) is 2.36. The monoisotopic (exact) mass is 287 g/mol. The number of fused-ring (bicyclic) bond motifs is 1. The van der Waals surface area contributed by atoms with Gasteiger partial charge in [0.15, 0.2) is 5.82 Å². The molecule has 0 unspecified atom stereocenters. The van der Waals surface area contributed by atoms with Gasteiger partial charge in [-0.25, -0.2) is 0 Å². The first kappa shape index (κ1) is 11.7. The van der Waals surface area contributed by atoms with Crippen molar-refractivity contribution < 1.29 is 5.11 Å². The van der Waals surface area contributed by atoms with Crippen molar-refractivity contribution >= 4 is 22.0 Å². The maximum atomic E-state index is 9.48. The Morgan fingerprint density at radius 1 is 1.30 bits per heavy atom. The standard InChI is InChI=1S/C13H13N5OS/c14-9-6-8(4-5-10(9)19)12-17-18-11(7-2-1-3-7)15-16-13(18)20-12/h4-7,19H,1-3,14H2. The molecule has 0 radical (unpaired) electrons. The Kier molecular flexibility index (Phi) is 2.43. The van der Waals surface area contributed by atoms with E-state index in [1.807, 2.05) is 4.52 Å². The van der Waals surface area contributed by atoms with Crippen LogP contribution in [-0.2, 0) is 0 Å². The molecule has 1 fully saturated rings. The summed E-state index contributed by atoms with van der Waals surface area (Å²) < 4.78 is 1.84. The average molecular weight is 287 g/mol. The van der Waals surface area contributed by atoms with Gasteiger partial charge < -0.3 is 10.8 Å². The number of benzene rings is 1. The summed E-state index contributed by atoms with van der Waals surface area (Å²) in [4.78, 5) is 0.800. The average Bonchev–Trinajstić information content (AvgIpc) is 2.93. The molecule has 0 aliphatic heterocycles. The molecule has 3 N–H and O–H groups in total. The molecule has 0 spiro atoms. The Balaban J connectivity index is 1.80. The number of anilines is 1. The molecule has 4 rings (SSSR count). The molecular formula is C13H13N5OS. The SMILES string of the molecule is Nc1cc(-c2nn3c(C4CCC4)nnc3s2)ccc1O. The number of aromatic nitrogens is 4. The second-order valence-corrected chi connectivity index (χ2v) is 6.02. The van der Waals surface area contributed by atoms with E-state index >= 15 is 0 Å². The van der Waals surface area contributed by atoms with Crippen LogP contribution in [0.5, 0.6) is 5.75 Å². The molecule has 1 saturated carbocycles. The molecule has 0 bridgehead atoms. The number of hydrogen-bond acceptors (Lipinski definition) is 6. The number of hydrogen-bond donors (Lipinski definition) is 2. The fourth-order valence-corrected chi connectivity index (χ4v) is 3.20. The number of nitrogens with zero attached hydrogens (tertiary/aromatic N) is 4. The summed E-state index contributed by atoms with van der Waals surface area (Å²) in [5.41, 5.74) is 6.97. The Morgan fingerprint density at radius 3 is 2.85 bits per heavy atom. The van der Waals surface area contributed by atoms with Crippen molar-refractivity contribution in [3.05, 3.63) is 24.0 Å². The lowest BCUT2D eigenvalue weighted by Crippen LogP contribution is -2.12. The van der Waals surface area contributed by atoms with Gasteiger partial charge in [-0.15, -0.1) is 10.2 Å². The molecule has 102 valence electrons. The van der Waals surface area contributed by atoms with Crippen molar-refractivity contribution in [2.24, 2.45) is 0 Å². The van der Waals surface area contributed by atoms with Gasteiger partial charge in [-0.2, -0.15) is 9.61 Å². The summed E-state index contributed by atoms with van der Waals surface area (Å²) >= 11 is 1.48. The maximum absolute atomic E-state index is 9.48. The van der Waals surface area contributed by atoms with Gasteiger partial charge in [0.2, 0.25) is 4.96 Å². The smallest absolute Gasteiger partial charge is 0.234 e. The number of phenols is 1. The number of rotatable bonds is 2. The Bertz CT molecular complexity index is 789. The van der Waals surface area contributed by atoms with E-state index in [1.54, 1.807) is 18.2 Å². The third-order valence-electron chi connectivity index (χ3n) is 3.76. The van der Waals surface area contributed by atoms with E-state index in [2.05, 4.69) is 15.3 Å². The molecule has 0 atom stereocenters. The van der Waals surface area contributed by atoms with E-state index in [0.717, 1.165) is 21.4 Å². The van der Waals surface area contributed by atoms with Crippen LogP contribution in [0.3, 0.4) is 0 Å². The van der Waals surface area contributed by atoms with Crippen LogP contribution in [0.25, 0.3) is 15.5 Å². The number of nitrogens with two attached hydrogens (primary N) is 1. The van der Waals surface area contributed by atoms with Crippen LogP contribution in [0.15, 0.2) is 18.2 Å². The summed E-state index contributed by atoms with van der Waals surface area (Å²) in [6, 6.07) is 5.12. The summed E-state index contributed by atoms with van der Waals surface area (Å²) in [7, 11) is 0. The Morgan fingerprint density at radius 2 is 2.15 bits per heavy atom. The highest BCUT2D eigenvalue weighted by Gasteiger charge is 2.26. The minimum absolute atomic E-state index is 0.0897. The number of aromatic hydroxyl groups is 1. The van der Waals surface area contributed by atoms with Crippen LogP contribution in [0, 0.1) is 0 Å². The van der Waals surface area contributed by atoms with E-state index in [9.17, 15) is 5.11 Å². The first-order valence-corrected chi connectivity index (χ1v) is 7.35. The zero-order valence-electron chi connectivity index (χ0n) is 10.7. The van der Waals surface area contributed by atoms with E-state index in [1.165, 1.54) is 30.6 Å². The Hall–Kier alpha value is -2.15. The van der Waals surface area contributed by atoms with Gasteiger partial charge >= 0.3 is 0 Å². The summed E-state index contributed by atoms with van der Waals surface area (Å²) in [6.45, 7) is 0. The molecule has 3 aromatic rings. The topological polar surface area (TPSA) is 89.3 Å². The molecule has 1 aliphatic carbocycles. The van der Waals surface area contributed by atoms with Crippen LogP contribution in [0.2, 0.25) is 0 Å². The molecule has 6 nitrogen and oxygen atoms in total. The number of phenolic OH excluding ortho intramolecular Hbond substituents is 1. The second-order valence-electron chi connectivity index (χ2n) is 5.06. The summed E-state index contributed by atoms with van der Waals surface area (Å²) in [5, 5.41) is 23.3. The number of nitrogen functional groups attached to an aromatic ring is 1. The lowest BCUT2D eigenvalue weighted by molar-refractivity contribution is 0.395. The lowest BCUT2D eigenvalue weighted by Gasteiger charge is -2.22. The highest BCUT2D eigenvalue weighted by molar-refractivity contribution is 7.19. The van der Waals surface area contributed by atoms with Crippen molar-refractivity contribution in [3.8, 4) is 16.3 Å². The second kappa shape index (κ2) is 4.17. The molecule has 7 heteroatoms. The largest absolute Gasteiger partial charge is 0.506 e. The van der Waals surface area contributed by atoms with Gasteiger partial charge in [0.1, 0.15) is 10.8 Å². The van der Waals surface area contributed by atoms with Gasteiger partial charge in [0.05, 0.1) is 5.69 Å². The van der Waals surface area contributed by atoms with Crippen molar-refractivity contribution in [2.75, 3.05) is 5.73 Å². The quantitative estimate of drug-likeness (QED) is 0.558. The summed E-state index contributed by atoms with van der Waals surface area (Å²) in [6.07, 6.45) is 3.59. The molecule has 2 heterocycles. The van der Waals surface area contributed by atoms with Crippen molar-refractivity contribution in [2.45, 2.75) is 25.2 Å². The zero-order valence-corrected chi connectivity index (χ0v) is 11.5. The Labute approximate surface area is 118 Å². The normalized spacial score (nSPS) is 15.6. The van der Waals surface area contributed by atoms with Crippen LogP contribution in [-0.4, -0.2) is 24.9 Å². The molecular weight excluding hydrogens is 274 g/mol. The highest BCUT2D eigenvalue weighted by Crippen LogP contribution is 2.37. The van der Waals surface area contributed by atoms with Crippen LogP contribution < -0.4 is 5.73 Å². The van der Waals surface area contributed by atoms with Crippen molar-refractivity contribution in [1.82, 2.24) is 19.8 Å². The first-order chi connectivity index (χ1) is 9.72. The van der Waals surface area contributed by atoms with E-state index < -0.39 is 0 Å². The van der Waals surface area contributed by atoms with Gasteiger partial charge in [-0.3, -0.25) is 0 Å². The fraction of sp³-hybridized carbons (Fsp3) is 0.308.